The van der Waals surface area contributed by atoms with Crippen LogP contribution in [0, 0.1) is 12.7 Å². The van der Waals surface area contributed by atoms with E-state index in [1.165, 1.54) is 12.1 Å². The Labute approximate surface area is 125 Å². The summed E-state index contributed by atoms with van der Waals surface area (Å²) < 4.78 is 14.1. The van der Waals surface area contributed by atoms with Crippen molar-refractivity contribution in [3.63, 3.8) is 0 Å². The molecule has 0 saturated carbocycles. The van der Waals surface area contributed by atoms with Crippen LogP contribution in [0.1, 0.15) is 24.1 Å². The molecule has 2 aromatic rings. The highest BCUT2D eigenvalue weighted by atomic mass is 79.9. The Morgan fingerprint density at radius 1 is 1.21 bits per heavy atom. The second kappa shape index (κ2) is 5.93. The number of rotatable bonds is 3. The number of anilines is 1. The lowest BCUT2D eigenvalue weighted by Crippen LogP contribution is -2.07. The largest absolute Gasteiger partial charge is 0.378 e. The van der Waals surface area contributed by atoms with Crippen LogP contribution in [-0.4, -0.2) is 0 Å². The molecule has 0 saturated heterocycles. The van der Waals surface area contributed by atoms with Gasteiger partial charge in [-0.3, -0.25) is 0 Å². The van der Waals surface area contributed by atoms with Crippen LogP contribution in [-0.2, 0) is 0 Å². The zero-order valence-corrected chi connectivity index (χ0v) is 13.0. The van der Waals surface area contributed by atoms with Gasteiger partial charge in [0.2, 0.25) is 0 Å². The van der Waals surface area contributed by atoms with Crippen LogP contribution in [0.3, 0.4) is 0 Å². The van der Waals surface area contributed by atoms with Crippen LogP contribution in [0.2, 0.25) is 5.02 Å². The van der Waals surface area contributed by atoms with Gasteiger partial charge in [-0.1, -0.05) is 33.6 Å². The van der Waals surface area contributed by atoms with Crippen LogP contribution < -0.4 is 5.32 Å². The Balaban J connectivity index is 2.22. The Morgan fingerprint density at radius 2 is 1.95 bits per heavy atom. The molecular weight excluding hydrogens is 329 g/mol. The maximum absolute atomic E-state index is 13.0. The Bertz CT molecular complexity index is 580. The minimum atomic E-state index is -0.320. The van der Waals surface area contributed by atoms with Crippen molar-refractivity contribution < 1.29 is 4.39 Å². The van der Waals surface area contributed by atoms with Gasteiger partial charge in [0.05, 0.1) is 0 Å². The first-order valence-corrected chi connectivity index (χ1v) is 7.11. The minimum absolute atomic E-state index is 0.00167. The third-order valence-corrected chi connectivity index (χ3v) is 3.64. The van der Waals surface area contributed by atoms with Crippen LogP contribution >= 0.6 is 27.5 Å². The van der Waals surface area contributed by atoms with Gasteiger partial charge in [0.15, 0.2) is 0 Å². The summed E-state index contributed by atoms with van der Waals surface area (Å²) >= 11 is 9.53. The van der Waals surface area contributed by atoms with Gasteiger partial charge in [0.1, 0.15) is 5.82 Å². The van der Waals surface area contributed by atoms with Crippen LogP contribution in [0.25, 0.3) is 0 Å². The van der Waals surface area contributed by atoms with Gasteiger partial charge in [0.25, 0.3) is 0 Å². The van der Waals surface area contributed by atoms with Gasteiger partial charge in [-0.25, -0.2) is 4.39 Å². The van der Waals surface area contributed by atoms with E-state index in [0.717, 1.165) is 21.3 Å². The van der Waals surface area contributed by atoms with E-state index < -0.39 is 0 Å². The van der Waals surface area contributed by atoms with Gasteiger partial charge in [0, 0.05) is 21.2 Å². The summed E-state index contributed by atoms with van der Waals surface area (Å²) in [6.45, 7) is 4.03. The fourth-order valence-corrected chi connectivity index (χ4v) is 2.94. The highest BCUT2D eigenvalue weighted by molar-refractivity contribution is 9.10. The van der Waals surface area contributed by atoms with E-state index >= 15 is 0 Å². The van der Waals surface area contributed by atoms with E-state index in [1.54, 1.807) is 6.07 Å². The van der Waals surface area contributed by atoms with Crippen molar-refractivity contribution in [1.82, 2.24) is 0 Å². The number of benzene rings is 2. The average molecular weight is 343 g/mol. The first-order valence-electron chi connectivity index (χ1n) is 5.94. The van der Waals surface area contributed by atoms with Crippen molar-refractivity contribution in [3.8, 4) is 0 Å². The molecule has 0 aliphatic carbocycles. The van der Waals surface area contributed by atoms with E-state index in [9.17, 15) is 4.39 Å². The molecule has 1 nitrogen and oxygen atoms in total. The van der Waals surface area contributed by atoms with Gasteiger partial charge < -0.3 is 5.32 Å². The van der Waals surface area contributed by atoms with Crippen molar-refractivity contribution in [2.24, 2.45) is 0 Å². The molecule has 0 aromatic heterocycles. The monoisotopic (exact) mass is 341 g/mol. The molecule has 0 amide bonds. The van der Waals surface area contributed by atoms with Crippen LogP contribution in [0.5, 0.6) is 0 Å². The molecule has 19 heavy (non-hydrogen) atoms. The van der Waals surface area contributed by atoms with E-state index in [4.69, 9.17) is 11.6 Å². The molecule has 1 unspecified atom stereocenters. The topological polar surface area (TPSA) is 12.0 Å². The van der Waals surface area contributed by atoms with Crippen molar-refractivity contribution >= 4 is 33.2 Å². The summed E-state index contributed by atoms with van der Waals surface area (Å²) in [5, 5.41) is 3.80. The lowest BCUT2D eigenvalue weighted by atomic mass is 10.1. The maximum atomic E-state index is 13.0. The fraction of sp³-hybridized carbons (Fsp3) is 0.200. The normalized spacial score (nSPS) is 12.3. The molecule has 0 spiro atoms. The van der Waals surface area contributed by atoms with E-state index in [0.29, 0.717) is 5.02 Å². The van der Waals surface area contributed by atoms with Crippen LogP contribution in [0.15, 0.2) is 40.9 Å². The highest BCUT2D eigenvalue weighted by Crippen LogP contribution is 2.28. The minimum Gasteiger partial charge on any atom is -0.378 e. The summed E-state index contributed by atoms with van der Waals surface area (Å²) in [6.07, 6.45) is 0. The Morgan fingerprint density at radius 3 is 2.58 bits per heavy atom. The molecule has 0 fully saturated rings. The van der Waals surface area contributed by atoms with Crippen molar-refractivity contribution in [1.29, 1.82) is 0 Å². The fourth-order valence-electron chi connectivity index (χ4n) is 2.00. The number of aryl methyl sites for hydroxylation is 1. The second-order valence-electron chi connectivity index (χ2n) is 4.55. The lowest BCUT2D eigenvalue weighted by molar-refractivity contribution is 0.626. The summed E-state index contributed by atoms with van der Waals surface area (Å²) in [7, 11) is 0. The smallest absolute Gasteiger partial charge is 0.124 e. The SMILES string of the molecule is Cc1cc(Br)cc(NC(C)c2ccc(F)cc2Cl)c1. The van der Waals surface area contributed by atoms with E-state index in [1.807, 2.05) is 26.0 Å². The van der Waals surface area contributed by atoms with Crippen molar-refractivity contribution in [2.75, 3.05) is 5.32 Å². The van der Waals surface area contributed by atoms with E-state index in [-0.39, 0.29) is 11.9 Å². The quantitative estimate of drug-likeness (QED) is 0.752. The van der Waals surface area contributed by atoms with Gasteiger partial charge >= 0.3 is 0 Å². The van der Waals surface area contributed by atoms with Gasteiger partial charge in [-0.15, -0.1) is 0 Å². The third kappa shape index (κ3) is 3.71. The first-order chi connectivity index (χ1) is 8.95. The van der Waals surface area contributed by atoms with Crippen molar-refractivity contribution in [2.45, 2.75) is 19.9 Å². The predicted octanol–water partition coefficient (Wildman–Crippen LogP) is 5.72. The molecule has 4 heteroatoms. The van der Waals surface area contributed by atoms with Gasteiger partial charge in [-0.05, 0) is 55.3 Å². The molecule has 0 heterocycles. The first kappa shape index (κ1) is 14.4. The van der Waals surface area contributed by atoms with E-state index in [2.05, 4.69) is 27.3 Å². The zero-order chi connectivity index (χ0) is 14.0. The molecule has 0 radical (unpaired) electrons. The molecule has 0 bridgehead atoms. The molecule has 1 atom stereocenters. The average Bonchev–Trinajstić information content (AvgIpc) is 2.26. The molecule has 100 valence electrons. The summed E-state index contributed by atoms with van der Waals surface area (Å²) in [5.74, 6) is -0.320. The van der Waals surface area contributed by atoms with Crippen LogP contribution in [0.4, 0.5) is 10.1 Å². The number of nitrogens with one attached hydrogen (secondary N) is 1. The summed E-state index contributed by atoms with van der Waals surface area (Å²) in [5.41, 5.74) is 3.04. The number of hydrogen-bond acceptors (Lipinski definition) is 1. The molecule has 1 N–H and O–H groups in total. The molecule has 0 aliphatic heterocycles. The highest BCUT2D eigenvalue weighted by Gasteiger charge is 2.10. The summed E-state index contributed by atoms with van der Waals surface area (Å²) in [6, 6.07) is 10.6. The molecule has 2 rings (SSSR count). The van der Waals surface area contributed by atoms with Crippen molar-refractivity contribution in [3.05, 3.63) is 62.8 Å². The van der Waals surface area contributed by atoms with Gasteiger partial charge in [-0.2, -0.15) is 0 Å². The standard InChI is InChI=1S/C15H14BrClFN/c1-9-5-11(16)7-13(6-9)19-10(2)14-4-3-12(18)8-15(14)17/h3-8,10,19H,1-2H3. The third-order valence-electron chi connectivity index (χ3n) is 2.85. The molecular formula is C15H14BrClFN. The number of halogens is 3. The molecule has 0 aliphatic rings. The number of hydrogen-bond donors (Lipinski definition) is 1. The predicted molar refractivity (Wildman–Crippen MR) is 82.3 cm³/mol. The summed E-state index contributed by atoms with van der Waals surface area (Å²) in [4.78, 5) is 0. The maximum Gasteiger partial charge on any atom is 0.124 e. The lowest BCUT2D eigenvalue weighted by Gasteiger charge is -2.17. The Hall–Kier alpha value is -1.06. The molecule has 2 aromatic carbocycles. The second-order valence-corrected chi connectivity index (χ2v) is 5.87. The zero-order valence-electron chi connectivity index (χ0n) is 10.7. The Kier molecular flexibility index (Phi) is 4.48.